The maximum atomic E-state index is 13.1. The number of nitrogens with zero attached hydrogens (tertiary/aromatic N) is 1. The molecule has 1 aliphatic rings. The molecule has 0 spiro atoms. The van der Waals surface area contributed by atoms with Crippen LogP contribution in [-0.2, 0) is 9.53 Å². The molecule has 0 unspecified atom stereocenters. The highest BCUT2D eigenvalue weighted by Crippen LogP contribution is 2.31. The van der Waals surface area contributed by atoms with E-state index in [1.807, 2.05) is 48.5 Å². The lowest BCUT2D eigenvalue weighted by Crippen LogP contribution is -2.37. The summed E-state index contributed by atoms with van der Waals surface area (Å²) < 4.78 is 5.44. The summed E-state index contributed by atoms with van der Waals surface area (Å²) in [5.41, 5.74) is 2.87. The van der Waals surface area contributed by atoms with Crippen molar-refractivity contribution < 1.29 is 9.53 Å². The molecule has 0 aromatic heterocycles. The molecular weight excluding hydrogens is 348 g/mol. The van der Waals surface area contributed by atoms with E-state index in [0.29, 0.717) is 18.2 Å². The minimum atomic E-state index is -0.231. The second kappa shape index (κ2) is 8.56. The van der Waals surface area contributed by atoms with E-state index in [1.165, 1.54) is 0 Å². The van der Waals surface area contributed by atoms with Gasteiger partial charge in [0.05, 0.1) is 30.5 Å². The second-order valence-electron chi connectivity index (χ2n) is 6.88. The first-order chi connectivity index (χ1) is 12.6. The van der Waals surface area contributed by atoms with Crippen molar-refractivity contribution in [3.05, 3.63) is 59.1 Å². The van der Waals surface area contributed by atoms with Gasteiger partial charge in [-0.1, -0.05) is 49.7 Å². The average Bonchev–Trinajstić information content (AvgIpc) is 2.64. The number of ether oxygens (including phenoxy) is 1. The van der Waals surface area contributed by atoms with Crippen LogP contribution in [0.1, 0.15) is 25.3 Å². The molecule has 0 saturated carbocycles. The van der Waals surface area contributed by atoms with Crippen molar-refractivity contribution in [2.75, 3.05) is 36.5 Å². The number of rotatable bonds is 5. The first kappa shape index (κ1) is 18.7. The Hall–Kier alpha value is -2.04. The van der Waals surface area contributed by atoms with Gasteiger partial charge in [-0.15, -0.1) is 0 Å². The molecule has 2 aromatic carbocycles. The number of amides is 1. The molecule has 1 N–H and O–H groups in total. The molecule has 5 heteroatoms. The molecule has 4 nitrogen and oxygen atoms in total. The van der Waals surface area contributed by atoms with Crippen LogP contribution < -0.4 is 10.2 Å². The molecule has 1 aliphatic heterocycles. The van der Waals surface area contributed by atoms with Crippen molar-refractivity contribution >= 4 is 28.9 Å². The number of benzene rings is 2. The van der Waals surface area contributed by atoms with Crippen molar-refractivity contribution in [3.63, 3.8) is 0 Å². The van der Waals surface area contributed by atoms with Crippen LogP contribution in [0.25, 0.3) is 0 Å². The van der Waals surface area contributed by atoms with Gasteiger partial charge in [0.2, 0.25) is 5.91 Å². The molecule has 1 fully saturated rings. The zero-order valence-electron chi connectivity index (χ0n) is 15.2. The highest BCUT2D eigenvalue weighted by Gasteiger charge is 2.25. The van der Waals surface area contributed by atoms with E-state index in [1.54, 1.807) is 0 Å². The highest BCUT2D eigenvalue weighted by atomic mass is 35.5. The fourth-order valence-corrected chi connectivity index (χ4v) is 3.50. The van der Waals surface area contributed by atoms with E-state index in [4.69, 9.17) is 16.3 Å². The first-order valence-electron chi connectivity index (χ1n) is 9.04. The maximum Gasteiger partial charge on any atom is 0.232 e. The number of anilines is 2. The predicted molar refractivity (Wildman–Crippen MR) is 107 cm³/mol. The van der Waals surface area contributed by atoms with E-state index >= 15 is 0 Å². The largest absolute Gasteiger partial charge is 0.378 e. The Balaban J connectivity index is 1.82. The maximum absolute atomic E-state index is 13.1. The van der Waals surface area contributed by atoms with E-state index in [0.717, 1.165) is 30.0 Å². The Kier molecular flexibility index (Phi) is 6.17. The number of halogens is 1. The molecule has 2 aromatic rings. The van der Waals surface area contributed by atoms with E-state index in [9.17, 15) is 4.79 Å². The SMILES string of the molecule is CC(C)[C@H](C(=O)Nc1ccccc1N1CCOCC1)c1ccc(Cl)cc1. The van der Waals surface area contributed by atoms with E-state index < -0.39 is 0 Å². The van der Waals surface area contributed by atoms with Crippen molar-refractivity contribution in [3.8, 4) is 0 Å². The Bertz CT molecular complexity index is 740. The zero-order chi connectivity index (χ0) is 18.5. The third-order valence-corrected chi connectivity index (χ3v) is 4.94. The third-order valence-electron chi connectivity index (χ3n) is 4.69. The molecular formula is C21H25ClN2O2. The summed E-state index contributed by atoms with van der Waals surface area (Å²) in [6.45, 7) is 7.21. The molecule has 0 aliphatic carbocycles. The van der Waals surface area contributed by atoms with Gasteiger partial charge in [0.15, 0.2) is 0 Å². The summed E-state index contributed by atoms with van der Waals surface area (Å²) in [4.78, 5) is 15.3. The zero-order valence-corrected chi connectivity index (χ0v) is 16.0. The van der Waals surface area contributed by atoms with Crippen molar-refractivity contribution in [2.24, 2.45) is 5.92 Å². The third kappa shape index (κ3) is 4.37. The monoisotopic (exact) mass is 372 g/mol. The Morgan fingerprint density at radius 2 is 1.73 bits per heavy atom. The molecule has 26 heavy (non-hydrogen) atoms. The molecule has 138 valence electrons. The summed E-state index contributed by atoms with van der Waals surface area (Å²) in [5.74, 6) is -0.0558. The van der Waals surface area contributed by atoms with E-state index in [2.05, 4.69) is 24.1 Å². The summed E-state index contributed by atoms with van der Waals surface area (Å²) in [7, 11) is 0. The van der Waals surface area contributed by atoms with Crippen molar-refractivity contribution in [2.45, 2.75) is 19.8 Å². The van der Waals surface area contributed by atoms with Crippen LogP contribution in [0.5, 0.6) is 0 Å². The fraction of sp³-hybridized carbons (Fsp3) is 0.381. The lowest BCUT2D eigenvalue weighted by atomic mass is 9.87. The van der Waals surface area contributed by atoms with Gasteiger partial charge in [-0.2, -0.15) is 0 Å². The predicted octanol–water partition coefficient (Wildman–Crippen LogP) is 4.55. The van der Waals surface area contributed by atoms with Crippen molar-refractivity contribution in [1.82, 2.24) is 0 Å². The second-order valence-corrected chi connectivity index (χ2v) is 7.32. The number of carbonyl (C=O) groups is 1. The van der Waals surface area contributed by atoms with Gasteiger partial charge >= 0.3 is 0 Å². The number of hydrogen-bond acceptors (Lipinski definition) is 3. The average molecular weight is 373 g/mol. The minimum absolute atomic E-state index is 0.00281. The van der Waals surface area contributed by atoms with Crippen LogP contribution in [0, 0.1) is 5.92 Å². The van der Waals surface area contributed by atoms with Crippen LogP contribution in [-0.4, -0.2) is 32.2 Å². The standard InChI is InChI=1S/C21H25ClN2O2/c1-15(2)20(16-7-9-17(22)10-8-16)21(25)23-18-5-3-4-6-19(18)24-11-13-26-14-12-24/h3-10,15,20H,11-14H2,1-2H3,(H,23,25)/t20-/m0/s1. The summed E-state index contributed by atoms with van der Waals surface area (Å²) in [6.07, 6.45) is 0. The molecule has 0 radical (unpaired) electrons. The van der Waals surface area contributed by atoms with Gasteiger partial charge in [-0.25, -0.2) is 0 Å². The number of para-hydroxylation sites is 2. The lowest BCUT2D eigenvalue weighted by molar-refractivity contribution is -0.118. The van der Waals surface area contributed by atoms with Gasteiger partial charge in [-0.05, 0) is 35.7 Å². The smallest absolute Gasteiger partial charge is 0.232 e. The molecule has 1 atom stereocenters. The minimum Gasteiger partial charge on any atom is -0.378 e. The van der Waals surface area contributed by atoms with Gasteiger partial charge in [-0.3, -0.25) is 4.79 Å². The molecule has 1 saturated heterocycles. The molecule has 3 rings (SSSR count). The lowest BCUT2D eigenvalue weighted by Gasteiger charge is -2.31. The van der Waals surface area contributed by atoms with Crippen LogP contribution in [0.3, 0.4) is 0 Å². The summed E-state index contributed by atoms with van der Waals surface area (Å²) >= 11 is 6.00. The first-order valence-corrected chi connectivity index (χ1v) is 9.42. The Labute approximate surface area is 160 Å². The molecule has 1 heterocycles. The highest BCUT2D eigenvalue weighted by molar-refractivity contribution is 6.30. The topological polar surface area (TPSA) is 41.6 Å². The van der Waals surface area contributed by atoms with Gasteiger partial charge < -0.3 is 15.0 Å². The fourth-order valence-electron chi connectivity index (χ4n) is 3.38. The van der Waals surface area contributed by atoms with E-state index in [-0.39, 0.29) is 17.7 Å². The number of nitrogens with one attached hydrogen (secondary N) is 1. The Morgan fingerprint density at radius 1 is 1.08 bits per heavy atom. The molecule has 1 amide bonds. The molecule has 0 bridgehead atoms. The Morgan fingerprint density at radius 3 is 2.38 bits per heavy atom. The van der Waals surface area contributed by atoms with Crippen LogP contribution >= 0.6 is 11.6 Å². The van der Waals surface area contributed by atoms with Crippen LogP contribution in [0.4, 0.5) is 11.4 Å². The number of morpholine rings is 1. The van der Waals surface area contributed by atoms with Crippen LogP contribution in [0.15, 0.2) is 48.5 Å². The quantitative estimate of drug-likeness (QED) is 0.836. The summed E-state index contributed by atoms with van der Waals surface area (Å²) in [5, 5.41) is 3.82. The van der Waals surface area contributed by atoms with Gasteiger partial charge in [0.25, 0.3) is 0 Å². The summed E-state index contributed by atoms with van der Waals surface area (Å²) in [6, 6.07) is 15.5. The number of carbonyl (C=O) groups excluding carboxylic acids is 1. The van der Waals surface area contributed by atoms with Gasteiger partial charge in [0, 0.05) is 18.1 Å². The number of hydrogen-bond donors (Lipinski definition) is 1. The van der Waals surface area contributed by atoms with Crippen molar-refractivity contribution in [1.29, 1.82) is 0 Å². The van der Waals surface area contributed by atoms with Gasteiger partial charge in [0.1, 0.15) is 0 Å². The normalized spacial score (nSPS) is 15.8. The van der Waals surface area contributed by atoms with Crippen LogP contribution in [0.2, 0.25) is 5.02 Å².